The van der Waals surface area contributed by atoms with Gasteiger partial charge in [0.25, 0.3) is 0 Å². The molecule has 0 aromatic rings. The standard InChI is InChI=1S/C10H18N2O/c1-6-7-8(2)11-9(3)12(5)10(4)13/h6,8H,1,7H2,2-5H3/b11-9-. The van der Waals surface area contributed by atoms with Crippen molar-refractivity contribution in [2.24, 2.45) is 4.99 Å². The quantitative estimate of drug-likeness (QED) is 0.372. The lowest BCUT2D eigenvalue weighted by molar-refractivity contribution is -0.124. The summed E-state index contributed by atoms with van der Waals surface area (Å²) in [6.45, 7) is 9.00. The van der Waals surface area contributed by atoms with Gasteiger partial charge in [-0.05, 0) is 20.3 Å². The molecule has 1 amide bonds. The van der Waals surface area contributed by atoms with E-state index < -0.39 is 0 Å². The van der Waals surface area contributed by atoms with Crippen LogP contribution in [0.2, 0.25) is 0 Å². The summed E-state index contributed by atoms with van der Waals surface area (Å²) in [5, 5.41) is 0. The number of aliphatic imine (C=N–C) groups is 1. The Morgan fingerprint density at radius 2 is 2.15 bits per heavy atom. The van der Waals surface area contributed by atoms with Crippen molar-refractivity contribution in [1.29, 1.82) is 0 Å². The average molecular weight is 182 g/mol. The van der Waals surface area contributed by atoms with Gasteiger partial charge in [-0.2, -0.15) is 0 Å². The van der Waals surface area contributed by atoms with Crippen LogP contribution < -0.4 is 0 Å². The first kappa shape index (κ1) is 11.9. The second-order valence-corrected chi connectivity index (χ2v) is 3.13. The summed E-state index contributed by atoms with van der Waals surface area (Å²) >= 11 is 0. The first-order valence-electron chi connectivity index (χ1n) is 4.38. The zero-order valence-corrected chi connectivity index (χ0v) is 8.87. The van der Waals surface area contributed by atoms with Crippen LogP contribution in [0.3, 0.4) is 0 Å². The minimum Gasteiger partial charge on any atom is -0.304 e. The van der Waals surface area contributed by atoms with Crippen molar-refractivity contribution in [2.75, 3.05) is 7.05 Å². The van der Waals surface area contributed by atoms with Gasteiger partial charge in [-0.3, -0.25) is 9.79 Å². The minimum absolute atomic E-state index is 0.00653. The maximum Gasteiger partial charge on any atom is 0.224 e. The van der Waals surface area contributed by atoms with E-state index in [1.54, 1.807) is 11.9 Å². The van der Waals surface area contributed by atoms with Crippen LogP contribution in [0.5, 0.6) is 0 Å². The monoisotopic (exact) mass is 182 g/mol. The number of carbonyl (C=O) groups is 1. The van der Waals surface area contributed by atoms with Gasteiger partial charge in [0.05, 0.1) is 6.04 Å². The predicted octanol–water partition coefficient (Wildman–Crippen LogP) is 1.85. The van der Waals surface area contributed by atoms with Gasteiger partial charge in [0.15, 0.2) is 0 Å². The Hall–Kier alpha value is -1.12. The van der Waals surface area contributed by atoms with Crippen LogP contribution in [0.15, 0.2) is 17.6 Å². The van der Waals surface area contributed by atoms with Crippen molar-refractivity contribution in [3.8, 4) is 0 Å². The zero-order chi connectivity index (χ0) is 10.4. The Labute approximate surface area is 80.2 Å². The number of hydrogen-bond donors (Lipinski definition) is 0. The molecular weight excluding hydrogens is 164 g/mol. The lowest BCUT2D eigenvalue weighted by Crippen LogP contribution is -2.29. The molecule has 0 rings (SSSR count). The highest BCUT2D eigenvalue weighted by molar-refractivity contribution is 5.95. The van der Waals surface area contributed by atoms with Crippen LogP contribution in [0.1, 0.15) is 27.2 Å². The normalized spacial score (nSPS) is 13.7. The SMILES string of the molecule is C=CCC(C)/N=C(/C)N(C)C(C)=O. The van der Waals surface area contributed by atoms with E-state index in [1.165, 1.54) is 6.92 Å². The molecule has 1 unspecified atom stereocenters. The Morgan fingerprint density at radius 1 is 1.62 bits per heavy atom. The van der Waals surface area contributed by atoms with E-state index in [2.05, 4.69) is 11.6 Å². The Balaban J connectivity index is 4.29. The number of carbonyl (C=O) groups excluding carboxylic acids is 1. The molecule has 1 atom stereocenters. The predicted molar refractivity (Wildman–Crippen MR) is 55.8 cm³/mol. The Bertz CT molecular complexity index is 221. The van der Waals surface area contributed by atoms with Gasteiger partial charge in [-0.25, -0.2) is 0 Å². The highest BCUT2D eigenvalue weighted by Gasteiger charge is 2.06. The highest BCUT2D eigenvalue weighted by Crippen LogP contribution is 1.99. The summed E-state index contributed by atoms with van der Waals surface area (Å²) in [5.41, 5.74) is 0. The van der Waals surface area contributed by atoms with Crippen molar-refractivity contribution in [1.82, 2.24) is 4.90 Å². The first-order valence-corrected chi connectivity index (χ1v) is 4.38. The highest BCUT2D eigenvalue weighted by atomic mass is 16.2. The largest absolute Gasteiger partial charge is 0.304 e. The second-order valence-electron chi connectivity index (χ2n) is 3.13. The molecule has 0 aliphatic heterocycles. The molecule has 0 saturated heterocycles. The van der Waals surface area contributed by atoms with Crippen LogP contribution in [0, 0.1) is 0 Å². The van der Waals surface area contributed by atoms with Gasteiger partial charge in [0.2, 0.25) is 5.91 Å². The number of amidine groups is 1. The van der Waals surface area contributed by atoms with E-state index in [-0.39, 0.29) is 11.9 Å². The van der Waals surface area contributed by atoms with E-state index in [4.69, 9.17) is 0 Å². The molecule has 0 N–H and O–H groups in total. The van der Waals surface area contributed by atoms with Gasteiger partial charge >= 0.3 is 0 Å². The van der Waals surface area contributed by atoms with E-state index in [9.17, 15) is 4.79 Å². The van der Waals surface area contributed by atoms with Gasteiger partial charge in [0.1, 0.15) is 5.84 Å². The summed E-state index contributed by atoms with van der Waals surface area (Å²) in [7, 11) is 1.72. The van der Waals surface area contributed by atoms with E-state index in [0.717, 1.165) is 12.3 Å². The maximum absolute atomic E-state index is 10.9. The zero-order valence-electron chi connectivity index (χ0n) is 8.87. The molecule has 0 aliphatic carbocycles. The van der Waals surface area contributed by atoms with Crippen LogP contribution >= 0.6 is 0 Å². The van der Waals surface area contributed by atoms with Gasteiger partial charge in [-0.1, -0.05) is 6.08 Å². The summed E-state index contributed by atoms with van der Waals surface area (Å²) in [6.07, 6.45) is 2.66. The van der Waals surface area contributed by atoms with Crippen LogP contribution in [0.4, 0.5) is 0 Å². The van der Waals surface area contributed by atoms with E-state index >= 15 is 0 Å². The molecule has 0 saturated carbocycles. The molecule has 74 valence electrons. The van der Waals surface area contributed by atoms with Crippen LogP contribution in [-0.2, 0) is 4.79 Å². The van der Waals surface area contributed by atoms with Crippen molar-refractivity contribution in [3.05, 3.63) is 12.7 Å². The van der Waals surface area contributed by atoms with Crippen molar-refractivity contribution in [3.63, 3.8) is 0 Å². The number of hydrogen-bond acceptors (Lipinski definition) is 2. The molecule has 0 bridgehead atoms. The minimum atomic E-state index is 0.00653. The molecule has 0 heterocycles. The van der Waals surface area contributed by atoms with E-state index in [1.807, 2.05) is 19.9 Å². The summed E-state index contributed by atoms with van der Waals surface area (Å²) in [4.78, 5) is 16.8. The Morgan fingerprint density at radius 3 is 2.54 bits per heavy atom. The van der Waals surface area contributed by atoms with Crippen molar-refractivity contribution < 1.29 is 4.79 Å². The Kier molecular flexibility index (Phi) is 5.04. The third-order valence-corrected chi connectivity index (χ3v) is 1.87. The van der Waals surface area contributed by atoms with Gasteiger partial charge in [-0.15, -0.1) is 6.58 Å². The number of nitrogens with zero attached hydrogens (tertiary/aromatic N) is 2. The number of amides is 1. The van der Waals surface area contributed by atoms with E-state index in [0.29, 0.717) is 0 Å². The lowest BCUT2D eigenvalue weighted by Gasteiger charge is -2.15. The average Bonchev–Trinajstić information content (AvgIpc) is 2.03. The molecule has 0 aliphatic rings. The van der Waals surface area contributed by atoms with Crippen molar-refractivity contribution in [2.45, 2.75) is 33.2 Å². The molecular formula is C10H18N2O. The summed E-state index contributed by atoms with van der Waals surface area (Å²) in [6, 6.07) is 0.194. The molecule has 0 aromatic carbocycles. The number of rotatable bonds is 3. The topological polar surface area (TPSA) is 32.7 Å². The third-order valence-electron chi connectivity index (χ3n) is 1.87. The van der Waals surface area contributed by atoms with Crippen LogP contribution in [0.25, 0.3) is 0 Å². The maximum atomic E-state index is 10.9. The fourth-order valence-corrected chi connectivity index (χ4v) is 0.927. The lowest BCUT2D eigenvalue weighted by atomic mass is 10.2. The summed E-state index contributed by atoms with van der Waals surface area (Å²) < 4.78 is 0. The molecule has 3 heteroatoms. The molecule has 13 heavy (non-hydrogen) atoms. The van der Waals surface area contributed by atoms with Crippen molar-refractivity contribution >= 4 is 11.7 Å². The smallest absolute Gasteiger partial charge is 0.224 e. The third kappa shape index (κ3) is 4.45. The molecule has 0 aromatic heterocycles. The van der Waals surface area contributed by atoms with Gasteiger partial charge < -0.3 is 4.90 Å². The molecule has 0 spiro atoms. The first-order chi connectivity index (χ1) is 5.99. The van der Waals surface area contributed by atoms with Crippen LogP contribution in [-0.4, -0.2) is 29.7 Å². The second kappa shape index (κ2) is 5.51. The molecule has 0 fully saturated rings. The van der Waals surface area contributed by atoms with Gasteiger partial charge in [0, 0.05) is 14.0 Å². The summed E-state index contributed by atoms with van der Waals surface area (Å²) in [5.74, 6) is 0.758. The molecule has 3 nitrogen and oxygen atoms in total. The fraction of sp³-hybridized carbons (Fsp3) is 0.600. The fourth-order valence-electron chi connectivity index (χ4n) is 0.927. The molecule has 0 radical (unpaired) electrons.